The van der Waals surface area contributed by atoms with Crippen LogP contribution >= 0.6 is 0 Å². The Hall–Kier alpha value is -3.29. The normalized spacial score (nSPS) is 11.1. The van der Waals surface area contributed by atoms with Crippen molar-refractivity contribution in [1.29, 1.82) is 0 Å². The van der Waals surface area contributed by atoms with Crippen LogP contribution in [-0.2, 0) is 11.2 Å². The average molecular weight is 442 g/mol. The Morgan fingerprint density at radius 2 is 1.81 bits per heavy atom. The molecule has 1 amide bonds. The predicted octanol–water partition coefficient (Wildman–Crippen LogP) is 3.31. The third kappa shape index (κ3) is 8.83. The number of guanidine groups is 1. The number of benzene rings is 1. The van der Waals surface area contributed by atoms with Gasteiger partial charge in [-0.05, 0) is 63.9 Å². The van der Waals surface area contributed by atoms with E-state index in [0.717, 1.165) is 35.7 Å². The van der Waals surface area contributed by atoms with Crippen molar-refractivity contribution >= 4 is 17.7 Å². The van der Waals surface area contributed by atoms with Crippen LogP contribution in [0.1, 0.15) is 38.4 Å². The fourth-order valence-corrected chi connectivity index (χ4v) is 3.01. The van der Waals surface area contributed by atoms with Gasteiger partial charge in [-0.2, -0.15) is 0 Å². The van der Waals surface area contributed by atoms with Crippen molar-refractivity contribution in [2.24, 2.45) is 4.99 Å². The van der Waals surface area contributed by atoms with E-state index >= 15 is 0 Å². The summed E-state index contributed by atoms with van der Waals surface area (Å²) >= 11 is 0. The van der Waals surface area contributed by atoms with E-state index in [9.17, 15) is 4.79 Å². The van der Waals surface area contributed by atoms with E-state index < -0.39 is 0 Å². The predicted molar refractivity (Wildman–Crippen MR) is 129 cm³/mol. The zero-order valence-electron chi connectivity index (χ0n) is 19.5. The van der Waals surface area contributed by atoms with Gasteiger partial charge < -0.3 is 25.4 Å². The second-order valence-electron chi connectivity index (χ2n) is 7.05. The van der Waals surface area contributed by atoms with Gasteiger partial charge in [0.1, 0.15) is 5.82 Å². The van der Waals surface area contributed by atoms with E-state index in [1.807, 2.05) is 58.0 Å². The Morgan fingerprint density at radius 3 is 2.53 bits per heavy atom. The molecule has 2 aromatic rings. The number of amides is 1. The van der Waals surface area contributed by atoms with Crippen LogP contribution in [0.3, 0.4) is 0 Å². The van der Waals surface area contributed by atoms with Crippen molar-refractivity contribution in [1.82, 2.24) is 15.6 Å². The number of hydrogen-bond donors (Lipinski definition) is 3. The highest BCUT2D eigenvalue weighted by Gasteiger charge is 2.07. The van der Waals surface area contributed by atoms with Gasteiger partial charge in [-0.25, -0.2) is 4.98 Å². The molecule has 3 N–H and O–H groups in total. The molecule has 0 aliphatic rings. The molecule has 0 unspecified atom stereocenters. The zero-order chi connectivity index (χ0) is 23.2. The van der Waals surface area contributed by atoms with Crippen LogP contribution in [-0.4, -0.2) is 49.7 Å². The topological polar surface area (TPSA) is 96.9 Å². The number of aryl methyl sites for hydroxylation is 1. The molecule has 2 rings (SSSR count). The molecule has 0 aliphatic carbocycles. The van der Waals surface area contributed by atoms with Crippen molar-refractivity contribution in [2.75, 3.05) is 38.2 Å². The monoisotopic (exact) mass is 441 g/mol. The number of pyridine rings is 1. The van der Waals surface area contributed by atoms with Gasteiger partial charge in [0.05, 0.1) is 19.8 Å². The molecule has 0 saturated carbocycles. The van der Waals surface area contributed by atoms with Gasteiger partial charge >= 0.3 is 0 Å². The summed E-state index contributed by atoms with van der Waals surface area (Å²) in [5.41, 5.74) is 2.01. The molecule has 1 aromatic carbocycles. The van der Waals surface area contributed by atoms with Gasteiger partial charge in [0.2, 0.25) is 5.91 Å². The van der Waals surface area contributed by atoms with Crippen LogP contribution in [0.4, 0.5) is 5.82 Å². The molecule has 0 aliphatic heterocycles. The first kappa shape index (κ1) is 25.0. The number of rotatable bonds is 12. The number of aromatic nitrogens is 1. The molecule has 1 heterocycles. The summed E-state index contributed by atoms with van der Waals surface area (Å²) in [5.74, 6) is 2.66. The van der Waals surface area contributed by atoms with E-state index in [-0.39, 0.29) is 12.3 Å². The first-order valence-electron chi connectivity index (χ1n) is 11.2. The standard InChI is InChI=1S/C24H35N5O3/c1-5-25-24(27-16-14-23(30)29-22-10-8-9-18(4)28-22)26-15-13-19-11-12-20(31-6-2)21(17-19)32-7-3/h8-12,17H,5-7,13-16H2,1-4H3,(H2,25,26,27)(H,28,29,30). The van der Waals surface area contributed by atoms with Crippen molar-refractivity contribution in [3.63, 3.8) is 0 Å². The quantitative estimate of drug-likeness (QED) is 0.345. The molecule has 8 nitrogen and oxygen atoms in total. The lowest BCUT2D eigenvalue weighted by atomic mass is 10.1. The van der Waals surface area contributed by atoms with Crippen LogP contribution in [0.5, 0.6) is 11.5 Å². The van der Waals surface area contributed by atoms with Gasteiger partial charge in [-0.1, -0.05) is 12.1 Å². The largest absolute Gasteiger partial charge is 0.490 e. The number of nitrogens with zero attached hydrogens (tertiary/aromatic N) is 2. The summed E-state index contributed by atoms with van der Waals surface area (Å²) in [6.45, 7) is 10.8. The van der Waals surface area contributed by atoms with Gasteiger partial charge in [0.25, 0.3) is 0 Å². The summed E-state index contributed by atoms with van der Waals surface area (Å²) in [6, 6.07) is 11.5. The summed E-state index contributed by atoms with van der Waals surface area (Å²) in [5, 5.41) is 9.32. The molecular formula is C24H35N5O3. The average Bonchev–Trinajstić information content (AvgIpc) is 2.76. The lowest BCUT2D eigenvalue weighted by Crippen LogP contribution is -2.38. The second kappa shape index (κ2) is 13.9. The Labute approximate surface area is 190 Å². The van der Waals surface area contributed by atoms with Crippen molar-refractivity contribution in [2.45, 2.75) is 40.5 Å². The van der Waals surface area contributed by atoms with Crippen LogP contribution < -0.4 is 25.4 Å². The van der Waals surface area contributed by atoms with E-state index in [1.165, 1.54) is 0 Å². The first-order chi connectivity index (χ1) is 15.5. The molecule has 0 spiro atoms. The minimum Gasteiger partial charge on any atom is -0.490 e. The van der Waals surface area contributed by atoms with Gasteiger partial charge in [-0.3, -0.25) is 9.79 Å². The molecule has 32 heavy (non-hydrogen) atoms. The summed E-state index contributed by atoms with van der Waals surface area (Å²) in [7, 11) is 0. The number of aliphatic imine (C=N–C) groups is 1. The Morgan fingerprint density at radius 1 is 1.03 bits per heavy atom. The maximum atomic E-state index is 12.1. The van der Waals surface area contributed by atoms with Crippen LogP contribution in [0.2, 0.25) is 0 Å². The number of anilines is 1. The van der Waals surface area contributed by atoms with E-state index in [2.05, 4.69) is 25.9 Å². The second-order valence-corrected chi connectivity index (χ2v) is 7.05. The fraction of sp³-hybridized carbons (Fsp3) is 0.458. The third-order valence-electron chi connectivity index (χ3n) is 4.42. The SMILES string of the molecule is CCNC(=NCCC(=O)Nc1cccc(C)n1)NCCc1ccc(OCC)c(OCC)c1. The number of carbonyl (C=O) groups is 1. The summed E-state index contributed by atoms with van der Waals surface area (Å²) < 4.78 is 11.3. The number of nitrogens with one attached hydrogen (secondary N) is 3. The molecule has 0 atom stereocenters. The molecule has 0 fully saturated rings. The minimum atomic E-state index is -0.111. The highest BCUT2D eigenvalue weighted by molar-refractivity contribution is 5.90. The molecule has 0 radical (unpaired) electrons. The summed E-state index contributed by atoms with van der Waals surface area (Å²) in [6.07, 6.45) is 1.08. The zero-order valence-corrected chi connectivity index (χ0v) is 19.5. The number of ether oxygens (including phenoxy) is 2. The maximum Gasteiger partial charge on any atom is 0.227 e. The van der Waals surface area contributed by atoms with Crippen molar-refractivity contribution in [3.8, 4) is 11.5 Å². The molecule has 0 saturated heterocycles. The number of hydrogen-bond acceptors (Lipinski definition) is 5. The van der Waals surface area contributed by atoms with E-state index in [0.29, 0.717) is 38.1 Å². The first-order valence-corrected chi connectivity index (χ1v) is 11.2. The van der Waals surface area contributed by atoms with Crippen LogP contribution in [0, 0.1) is 6.92 Å². The molecule has 1 aromatic heterocycles. The van der Waals surface area contributed by atoms with Crippen molar-refractivity contribution < 1.29 is 14.3 Å². The smallest absolute Gasteiger partial charge is 0.227 e. The minimum absolute atomic E-state index is 0.111. The fourth-order valence-electron chi connectivity index (χ4n) is 3.01. The maximum absolute atomic E-state index is 12.1. The van der Waals surface area contributed by atoms with E-state index in [4.69, 9.17) is 9.47 Å². The highest BCUT2D eigenvalue weighted by Crippen LogP contribution is 2.28. The van der Waals surface area contributed by atoms with Gasteiger partial charge in [0, 0.05) is 25.2 Å². The van der Waals surface area contributed by atoms with Crippen LogP contribution in [0.25, 0.3) is 0 Å². The Bertz CT molecular complexity index is 886. The highest BCUT2D eigenvalue weighted by atomic mass is 16.5. The Balaban J connectivity index is 1.84. The van der Waals surface area contributed by atoms with E-state index in [1.54, 1.807) is 6.07 Å². The van der Waals surface area contributed by atoms with Gasteiger partial charge in [-0.15, -0.1) is 0 Å². The lowest BCUT2D eigenvalue weighted by Gasteiger charge is -2.14. The number of carbonyl (C=O) groups excluding carboxylic acids is 1. The third-order valence-corrected chi connectivity index (χ3v) is 4.42. The van der Waals surface area contributed by atoms with Crippen molar-refractivity contribution in [3.05, 3.63) is 47.7 Å². The molecular weight excluding hydrogens is 406 g/mol. The summed E-state index contributed by atoms with van der Waals surface area (Å²) in [4.78, 5) is 20.9. The van der Waals surface area contributed by atoms with Crippen LogP contribution in [0.15, 0.2) is 41.4 Å². The van der Waals surface area contributed by atoms with Gasteiger partial charge in [0.15, 0.2) is 17.5 Å². The Kier molecular flexibility index (Phi) is 10.8. The molecule has 8 heteroatoms. The lowest BCUT2D eigenvalue weighted by molar-refractivity contribution is -0.116. The molecule has 174 valence electrons. The molecule has 0 bridgehead atoms.